The Balaban J connectivity index is 1.11. The lowest BCUT2D eigenvalue weighted by Gasteiger charge is -2.32. The van der Waals surface area contributed by atoms with Crippen molar-refractivity contribution in [3.05, 3.63) is 89.1 Å². The number of fused-ring (bicyclic) bond motifs is 1. The van der Waals surface area contributed by atoms with Gasteiger partial charge in [0, 0.05) is 49.3 Å². The maximum absolute atomic E-state index is 13.1. The van der Waals surface area contributed by atoms with Crippen molar-refractivity contribution in [1.82, 2.24) is 20.0 Å². The number of ether oxygens (including phenoxy) is 1. The number of rotatable bonds is 7. The number of carbonyl (C=O) groups excluding carboxylic acids is 3. The summed E-state index contributed by atoms with van der Waals surface area (Å²) < 4.78 is 46.8. The molecule has 2 aliphatic heterocycles. The van der Waals surface area contributed by atoms with Gasteiger partial charge in [-0.15, -0.1) is 0 Å². The molecule has 0 radical (unpaired) electrons. The molecular formula is C33H32F3N5O4. The minimum Gasteiger partial charge on any atom is -0.494 e. The average Bonchev–Trinajstić information content (AvgIpc) is 3.43. The van der Waals surface area contributed by atoms with E-state index in [0.717, 1.165) is 61.1 Å². The van der Waals surface area contributed by atoms with E-state index < -0.39 is 17.6 Å². The minimum atomic E-state index is -4.56. The monoisotopic (exact) mass is 619 g/mol. The Morgan fingerprint density at radius 3 is 2.56 bits per heavy atom. The molecule has 1 atom stereocenters. The van der Waals surface area contributed by atoms with Gasteiger partial charge >= 0.3 is 6.18 Å². The first-order chi connectivity index (χ1) is 21.6. The topological polar surface area (TPSA) is 106 Å². The number of carbonyl (C=O) groups is 3. The number of hydrogen-bond donors (Lipinski definition) is 2. The molecule has 2 N–H and O–H groups in total. The molecule has 2 aliphatic rings. The molecule has 3 aromatic carbocycles. The van der Waals surface area contributed by atoms with Crippen LogP contribution in [0.3, 0.4) is 0 Å². The van der Waals surface area contributed by atoms with E-state index in [1.54, 1.807) is 12.1 Å². The number of methoxy groups -OCH3 is 1. The fraction of sp³-hybridized carbons (Fsp3) is 0.333. The largest absolute Gasteiger partial charge is 0.494 e. The lowest BCUT2D eigenvalue weighted by atomic mass is 9.89. The Morgan fingerprint density at radius 1 is 1.04 bits per heavy atom. The van der Waals surface area contributed by atoms with Gasteiger partial charge in [-0.05, 0) is 54.7 Å². The Kier molecular flexibility index (Phi) is 8.32. The van der Waals surface area contributed by atoms with Gasteiger partial charge in [-0.3, -0.25) is 29.3 Å². The highest BCUT2D eigenvalue weighted by Crippen LogP contribution is 2.34. The zero-order valence-electron chi connectivity index (χ0n) is 24.6. The summed E-state index contributed by atoms with van der Waals surface area (Å²) in [6, 6.07) is 15.9. The summed E-state index contributed by atoms with van der Waals surface area (Å²) in [6.45, 7) is 2.46. The van der Waals surface area contributed by atoms with E-state index in [-0.39, 0.29) is 29.3 Å². The Hall–Kier alpha value is -4.71. The molecule has 9 nitrogen and oxygen atoms in total. The number of anilines is 1. The molecular weight excluding hydrogens is 587 g/mol. The van der Waals surface area contributed by atoms with Crippen LogP contribution in [0.1, 0.15) is 64.7 Å². The summed E-state index contributed by atoms with van der Waals surface area (Å²) in [4.78, 5) is 39.1. The Labute approximate surface area is 257 Å². The van der Waals surface area contributed by atoms with Gasteiger partial charge in [0.05, 0.1) is 35.8 Å². The smallest absolute Gasteiger partial charge is 0.416 e. The van der Waals surface area contributed by atoms with E-state index in [4.69, 9.17) is 9.84 Å². The quantitative estimate of drug-likeness (QED) is 0.258. The number of likely N-dealkylation sites (tertiary alicyclic amines) is 1. The van der Waals surface area contributed by atoms with Gasteiger partial charge in [0.2, 0.25) is 11.8 Å². The molecule has 0 aliphatic carbocycles. The van der Waals surface area contributed by atoms with Crippen molar-refractivity contribution in [2.45, 2.75) is 50.4 Å². The van der Waals surface area contributed by atoms with Crippen LogP contribution in [0.4, 0.5) is 18.9 Å². The predicted molar refractivity (Wildman–Crippen MR) is 161 cm³/mol. The third-order valence-electron chi connectivity index (χ3n) is 8.47. The van der Waals surface area contributed by atoms with Crippen LogP contribution in [0, 0.1) is 0 Å². The van der Waals surface area contributed by atoms with Gasteiger partial charge in [-0.2, -0.15) is 18.3 Å². The predicted octanol–water partition coefficient (Wildman–Crippen LogP) is 5.67. The fourth-order valence-corrected chi connectivity index (χ4v) is 6.08. The number of amides is 3. The summed E-state index contributed by atoms with van der Waals surface area (Å²) >= 11 is 0. The van der Waals surface area contributed by atoms with Crippen LogP contribution in [0.5, 0.6) is 5.75 Å². The van der Waals surface area contributed by atoms with Crippen LogP contribution in [0.2, 0.25) is 0 Å². The number of piperidine rings is 2. The highest BCUT2D eigenvalue weighted by molar-refractivity contribution is 6.06. The third kappa shape index (κ3) is 6.70. The van der Waals surface area contributed by atoms with Crippen molar-refractivity contribution in [2.75, 3.05) is 25.5 Å². The van der Waals surface area contributed by atoms with Gasteiger partial charge < -0.3 is 10.1 Å². The first-order valence-corrected chi connectivity index (χ1v) is 14.8. The van der Waals surface area contributed by atoms with Crippen molar-refractivity contribution >= 4 is 34.3 Å². The van der Waals surface area contributed by atoms with E-state index in [2.05, 4.69) is 27.7 Å². The lowest BCUT2D eigenvalue weighted by Crippen LogP contribution is -2.39. The molecule has 3 amide bonds. The maximum Gasteiger partial charge on any atom is 0.416 e. The lowest BCUT2D eigenvalue weighted by molar-refractivity contribution is -0.138. The minimum absolute atomic E-state index is 0.114. The van der Waals surface area contributed by atoms with Crippen LogP contribution < -0.4 is 15.4 Å². The van der Waals surface area contributed by atoms with E-state index in [1.807, 2.05) is 23.0 Å². The van der Waals surface area contributed by atoms with Crippen LogP contribution in [-0.2, 0) is 22.3 Å². The number of hydrogen-bond acceptors (Lipinski definition) is 6. The van der Waals surface area contributed by atoms with Crippen molar-refractivity contribution < 1.29 is 32.3 Å². The Bertz CT molecular complexity index is 1760. The number of benzene rings is 3. The van der Waals surface area contributed by atoms with Gasteiger partial charge in [0.15, 0.2) is 0 Å². The summed E-state index contributed by atoms with van der Waals surface area (Å²) in [5.41, 5.74) is 2.05. The molecule has 4 aromatic rings. The van der Waals surface area contributed by atoms with E-state index >= 15 is 0 Å². The molecule has 234 valence electrons. The second kappa shape index (κ2) is 12.4. The molecule has 45 heavy (non-hydrogen) atoms. The zero-order chi connectivity index (χ0) is 31.7. The standard InChI is InChI=1S/C33H32F3N5O4/c1-45-29-17-27-23(16-28(29)37-31(43)22-6-3-7-24(15-22)33(34,35)36)19-41(39-27)25-10-12-40(13-11-25)18-20-4-2-5-21(14-20)26-8-9-30(42)38-32(26)44/h2-7,14-17,19,25-26H,8-13,18H2,1H3,(H,37,43)(H,38,42,44). The fourth-order valence-electron chi connectivity index (χ4n) is 6.08. The highest BCUT2D eigenvalue weighted by Gasteiger charge is 2.31. The normalized spacial score (nSPS) is 18.2. The summed E-state index contributed by atoms with van der Waals surface area (Å²) in [5, 5.41) is 10.6. The van der Waals surface area contributed by atoms with Gasteiger partial charge in [0.1, 0.15) is 5.75 Å². The van der Waals surface area contributed by atoms with Crippen LogP contribution >= 0.6 is 0 Å². The number of nitrogens with zero attached hydrogens (tertiary/aromatic N) is 3. The molecule has 0 saturated carbocycles. The number of imide groups is 1. The molecule has 0 spiro atoms. The molecule has 1 aromatic heterocycles. The van der Waals surface area contributed by atoms with E-state index in [1.165, 1.54) is 19.2 Å². The first-order valence-electron chi connectivity index (χ1n) is 14.8. The number of halogens is 3. The van der Waals surface area contributed by atoms with Crippen molar-refractivity contribution in [1.29, 1.82) is 0 Å². The first kappa shape index (κ1) is 30.3. The van der Waals surface area contributed by atoms with Crippen molar-refractivity contribution in [3.63, 3.8) is 0 Å². The molecule has 3 heterocycles. The maximum atomic E-state index is 13.1. The van der Waals surface area contributed by atoms with E-state index in [9.17, 15) is 27.6 Å². The van der Waals surface area contributed by atoms with Crippen LogP contribution in [0.15, 0.2) is 66.9 Å². The number of alkyl halides is 3. The Morgan fingerprint density at radius 2 is 1.82 bits per heavy atom. The molecule has 0 bridgehead atoms. The number of aromatic nitrogens is 2. The second-order valence-corrected chi connectivity index (χ2v) is 11.5. The van der Waals surface area contributed by atoms with Gasteiger partial charge in [-0.25, -0.2) is 0 Å². The van der Waals surface area contributed by atoms with Gasteiger partial charge in [-0.1, -0.05) is 30.3 Å². The van der Waals surface area contributed by atoms with E-state index in [0.29, 0.717) is 29.8 Å². The van der Waals surface area contributed by atoms with Crippen LogP contribution in [0.25, 0.3) is 10.9 Å². The highest BCUT2D eigenvalue weighted by atomic mass is 19.4. The summed E-state index contributed by atoms with van der Waals surface area (Å²) in [5.74, 6) is -1.10. The molecule has 12 heteroatoms. The summed E-state index contributed by atoms with van der Waals surface area (Å²) in [7, 11) is 1.45. The van der Waals surface area contributed by atoms with Gasteiger partial charge in [0.25, 0.3) is 5.91 Å². The third-order valence-corrected chi connectivity index (χ3v) is 8.47. The molecule has 6 rings (SSSR count). The number of nitrogens with one attached hydrogen (secondary N) is 2. The van der Waals surface area contributed by atoms with Crippen molar-refractivity contribution in [3.8, 4) is 5.75 Å². The summed E-state index contributed by atoms with van der Waals surface area (Å²) in [6.07, 6.45) is -0.0283. The van der Waals surface area contributed by atoms with Crippen molar-refractivity contribution in [2.24, 2.45) is 0 Å². The SMILES string of the molecule is COc1cc2nn(C3CCN(Cc4cccc(C5CCC(=O)NC5=O)c4)CC3)cc2cc1NC(=O)c1cccc(C(F)(F)F)c1. The molecule has 2 saturated heterocycles. The average molecular weight is 620 g/mol. The zero-order valence-corrected chi connectivity index (χ0v) is 24.6. The molecule has 1 unspecified atom stereocenters. The second-order valence-electron chi connectivity index (χ2n) is 11.5. The van der Waals surface area contributed by atoms with Crippen LogP contribution in [-0.4, -0.2) is 52.6 Å². The molecule has 2 fully saturated rings.